The van der Waals surface area contributed by atoms with Crippen molar-refractivity contribution < 1.29 is 9.59 Å². The van der Waals surface area contributed by atoms with Gasteiger partial charge in [0.25, 0.3) is 5.91 Å². The van der Waals surface area contributed by atoms with Gasteiger partial charge in [0, 0.05) is 74.1 Å². The molecule has 9 heteroatoms. The third-order valence-corrected chi connectivity index (χ3v) is 7.69. The predicted molar refractivity (Wildman–Crippen MR) is 146 cm³/mol. The first-order chi connectivity index (χ1) is 18.3. The van der Waals surface area contributed by atoms with Crippen LogP contribution in [0.4, 0.5) is 0 Å². The molecule has 4 aromatic rings. The molecule has 1 aliphatic rings. The number of carbonyl (C=O) groups excluding carboxylic acids is 2. The van der Waals surface area contributed by atoms with Crippen LogP contribution in [0.1, 0.15) is 65.1 Å². The first kappa shape index (κ1) is 25.8. The fourth-order valence-corrected chi connectivity index (χ4v) is 5.41. The summed E-state index contributed by atoms with van der Waals surface area (Å²) in [7, 11) is 1.87. The highest BCUT2D eigenvalue weighted by molar-refractivity contribution is 6.03. The minimum atomic E-state index is -0.164. The van der Waals surface area contributed by atoms with Crippen molar-refractivity contribution in [2.75, 3.05) is 13.1 Å². The average Bonchev–Trinajstić information content (AvgIpc) is 3.53. The van der Waals surface area contributed by atoms with Crippen LogP contribution < -0.4 is 5.32 Å². The molecule has 1 N–H and O–H groups in total. The molecule has 5 rings (SSSR count). The van der Waals surface area contributed by atoms with Crippen molar-refractivity contribution in [3.63, 3.8) is 0 Å². The molecule has 1 aliphatic heterocycles. The van der Waals surface area contributed by atoms with Crippen molar-refractivity contribution in [1.29, 1.82) is 0 Å². The molecule has 198 valence electrons. The Kier molecular flexibility index (Phi) is 7.37. The third kappa shape index (κ3) is 5.38. The van der Waals surface area contributed by atoms with Gasteiger partial charge < -0.3 is 5.32 Å². The summed E-state index contributed by atoms with van der Waals surface area (Å²) < 4.78 is 3.46. The van der Waals surface area contributed by atoms with Gasteiger partial charge in [0.05, 0.1) is 29.0 Å². The van der Waals surface area contributed by atoms with Crippen LogP contribution in [0.3, 0.4) is 0 Å². The van der Waals surface area contributed by atoms with Gasteiger partial charge in [-0.25, -0.2) is 4.52 Å². The second-order valence-electron chi connectivity index (χ2n) is 10.4. The largest absolute Gasteiger partial charge is 0.351 e. The molecule has 0 saturated carbocycles. The molecule has 0 radical (unpaired) electrons. The molecule has 5 heterocycles. The molecule has 2 atom stereocenters. The summed E-state index contributed by atoms with van der Waals surface area (Å²) in [5.74, 6) is -0.230. The van der Waals surface area contributed by atoms with E-state index in [1.807, 2.05) is 38.5 Å². The van der Waals surface area contributed by atoms with E-state index < -0.39 is 0 Å². The number of hydrogen-bond donors (Lipinski definition) is 1. The van der Waals surface area contributed by atoms with Crippen molar-refractivity contribution in [1.82, 2.24) is 34.6 Å². The number of fused-ring (bicyclic) bond motifs is 1. The van der Waals surface area contributed by atoms with Crippen molar-refractivity contribution in [2.45, 2.75) is 58.5 Å². The van der Waals surface area contributed by atoms with Crippen molar-refractivity contribution in [3.8, 4) is 11.1 Å². The Morgan fingerprint density at radius 1 is 1.03 bits per heavy atom. The number of nitrogens with zero attached hydrogens (tertiary/aromatic N) is 6. The lowest BCUT2D eigenvalue weighted by molar-refractivity contribution is 0.0888. The van der Waals surface area contributed by atoms with Crippen LogP contribution in [-0.2, 0) is 13.5 Å². The molecule has 1 saturated heterocycles. The molecule has 4 aromatic heterocycles. The SMILES string of the molecule is Cc1ncc(C(=O)NCCN2C(C)CCCC2C)cc1CC(=O)c1cnn2cc(-c3cnn(C)c3)ccc12. The summed E-state index contributed by atoms with van der Waals surface area (Å²) in [4.78, 5) is 33.1. The summed E-state index contributed by atoms with van der Waals surface area (Å²) in [5.41, 5.74) is 5.18. The van der Waals surface area contributed by atoms with Crippen molar-refractivity contribution in [2.24, 2.45) is 7.05 Å². The minimum absolute atomic E-state index is 0.0651. The quantitative estimate of drug-likeness (QED) is 0.360. The first-order valence-corrected chi connectivity index (χ1v) is 13.3. The predicted octanol–water partition coefficient (Wildman–Crippen LogP) is 3.86. The highest BCUT2D eigenvalue weighted by Crippen LogP contribution is 2.23. The van der Waals surface area contributed by atoms with Crippen LogP contribution in [0, 0.1) is 6.92 Å². The van der Waals surface area contributed by atoms with Gasteiger partial charge in [-0.3, -0.25) is 24.2 Å². The number of likely N-dealkylation sites (tertiary alicyclic amines) is 1. The van der Waals surface area contributed by atoms with E-state index in [0.29, 0.717) is 29.8 Å². The summed E-state index contributed by atoms with van der Waals surface area (Å²) >= 11 is 0. The smallest absolute Gasteiger partial charge is 0.252 e. The van der Waals surface area contributed by atoms with E-state index in [4.69, 9.17) is 0 Å². The van der Waals surface area contributed by atoms with Crippen LogP contribution in [0.15, 0.2) is 49.2 Å². The van der Waals surface area contributed by atoms with Crippen molar-refractivity contribution in [3.05, 3.63) is 71.6 Å². The van der Waals surface area contributed by atoms with Gasteiger partial charge in [-0.2, -0.15) is 10.2 Å². The topological polar surface area (TPSA) is 97.4 Å². The average molecular weight is 514 g/mol. The lowest BCUT2D eigenvalue weighted by Crippen LogP contribution is -2.47. The molecule has 1 amide bonds. The number of aryl methyl sites for hydroxylation is 2. The van der Waals surface area contributed by atoms with E-state index in [1.165, 1.54) is 19.3 Å². The number of Topliss-reactive ketones (excluding diaryl/α,β-unsaturated/α-hetero) is 1. The lowest BCUT2D eigenvalue weighted by Gasteiger charge is -2.39. The van der Waals surface area contributed by atoms with Gasteiger partial charge in [-0.05, 0) is 51.3 Å². The molecule has 0 aliphatic carbocycles. The summed E-state index contributed by atoms with van der Waals surface area (Å²) in [6.45, 7) is 7.79. The van der Waals surface area contributed by atoms with Gasteiger partial charge >= 0.3 is 0 Å². The zero-order valence-corrected chi connectivity index (χ0v) is 22.5. The van der Waals surface area contributed by atoms with E-state index >= 15 is 0 Å². The highest BCUT2D eigenvalue weighted by atomic mass is 16.1. The molecule has 0 spiro atoms. The summed E-state index contributed by atoms with van der Waals surface area (Å²) in [6, 6.07) is 6.73. The third-order valence-electron chi connectivity index (χ3n) is 7.69. The van der Waals surface area contributed by atoms with Crippen LogP contribution in [0.25, 0.3) is 16.6 Å². The monoisotopic (exact) mass is 513 g/mol. The first-order valence-electron chi connectivity index (χ1n) is 13.3. The maximum atomic E-state index is 13.3. The molecule has 2 unspecified atom stereocenters. The number of rotatable bonds is 8. The number of pyridine rings is 2. The molecule has 0 aromatic carbocycles. The normalized spacial score (nSPS) is 18.1. The van der Waals surface area contributed by atoms with E-state index in [2.05, 4.69) is 39.2 Å². The van der Waals surface area contributed by atoms with Crippen LogP contribution in [-0.4, -0.2) is 66.1 Å². The molecule has 0 bridgehead atoms. The Hall–Kier alpha value is -3.85. The number of aromatic nitrogens is 5. The Morgan fingerprint density at radius 3 is 2.55 bits per heavy atom. The number of piperidine rings is 1. The Bertz CT molecular complexity index is 1460. The molecular weight excluding hydrogens is 478 g/mol. The second kappa shape index (κ2) is 10.9. The van der Waals surface area contributed by atoms with E-state index in [0.717, 1.165) is 34.4 Å². The van der Waals surface area contributed by atoms with Gasteiger partial charge in [-0.1, -0.05) is 12.5 Å². The lowest BCUT2D eigenvalue weighted by atomic mass is 9.98. The van der Waals surface area contributed by atoms with Gasteiger partial charge in [0.1, 0.15) is 0 Å². The Balaban J connectivity index is 1.26. The standard InChI is InChI=1S/C29H35N7O2/c1-19-6-5-7-20(2)35(19)11-10-30-29(38)24-12-23(21(3)31-14-24)13-28(37)26-16-33-36-18-22(8-9-27(26)36)25-15-32-34(4)17-25/h8-9,12,14-20H,5-7,10-11,13H2,1-4H3,(H,30,38). The Morgan fingerprint density at radius 2 is 1.82 bits per heavy atom. The highest BCUT2D eigenvalue weighted by Gasteiger charge is 2.24. The number of carbonyl (C=O) groups is 2. The molecule has 9 nitrogen and oxygen atoms in total. The number of nitrogens with one attached hydrogen (secondary N) is 1. The zero-order chi connectivity index (χ0) is 26.8. The maximum Gasteiger partial charge on any atom is 0.252 e. The van der Waals surface area contributed by atoms with Crippen molar-refractivity contribution >= 4 is 17.2 Å². The van der Waals surface area contributed by atoms with E-state index in [9.17, 15) is 9.59 Å². The molecular formula is C29H35N7O2. The van der Waals surface area contributed by atoms with Gasteiger partial charge in [-0.15, -0.1) is 0 Å². The second-order valence-corrected chi connectivity index (χ2v) is 10.4. The maximum absolute atomic E-state index is 13.3. The zero-order valence-electron chi connectivity index (χ0n) is 22.5. The van der Waals surface area contributed by atoms with Gasteiger partial charge in [0.15, 0.2) is 5.78 Å². The number of hydrogen-bond acceptors (Lipinski definition) is 6. The van der Waals surface area contributed by atoms with Gasteiger partial charge in [0.2, 0.25) is 0 Å². The number of amides is 1. The Labute approximate surface area is 222 Å². The summed E-state index contributed by atoms with van der Waals surface area (Å²) in [6.07, 6.45) is 12.6. The number of ketones is 1. The molecule has 38 heavy (non-hydrogen) atoms. The van der Waals surface area contributed by atoms with Crippen LogP contribution in [0.5, 0.6) is 0 Å². The molecule has 1 fully saturated rings. The summed E-state index contributed by atoms with van der Waals surface area (Å²) in [5, 5.41) is 11.7. The van der Waals surface area contributed by atoms with E-state index in [-0.39, 0.29) is 18.1 Å². The minimum Gasteiger partial charge on any atom is -0.351 e. The fraction of sp³-hybridized carbons (Fsp3) is 0.414. The van der Waals surface area contributed by atoms with Crippen LogP contribution in [0.2, 0.25) is 0 Å². The van der Waals surface area contributed by atoms with E-state index in [1.54, 1.807) is 33.9 Å². The fourth-order valence-electron chi connectivity index (χ4n) is 5.41. The van der Waals surface area contributed by atoms with Crippen LogP contribution >= 0.6 is 0 Å².